The summed E-state index contributed by atoms with van der Waals surface area (Å²) in [5.41, 5.74) is 0.829. The number of benzene rings is 1. The minimum Gasteiger partial charge on any atom is -1.00 e. The van der Waals surface area contributed by atoms with E-state index in [0.29, 0.717) is 6.61 Å². The van der Waals surface area contributed by atoms with Crippen LogP contribution < -0.4 is 17.3 Å². The summed E-state index contributed by atoms with van der Waals surface area (Å²) in [6.07, 6.45) is 1.59. The summed E-state index contributed by atoms with van der Waals surface area (Å²) >= 11 is 0. The number of morpholine rings is 1. The molecule has 0 bridgehead atoms. The molecule has 1 aromatic rings. The highest BCUT2D eigenvalue weighted by atomic mass is 35.5. The third kappa shape index (κ3) is 6.00. The van der Waals surface area contributed by atoms with Crippen molar-refractivity contribution in [3.8, 4) is 0 Å². The Morgan fingerprint density at radius 2 is 1.95 bits per heavy atom. The molecule has 0 aromatic heterocycles. The quantitative estimate of drug-likeness (QED) is 0.358. The van der Waals surface area contributed by atoms with Gasteiger partial charge in [-0.1, -0.05) is 17.3 Å². The van der Waals surface area contributed by atoms with Crippen molar-refractivity contribution >= 4 is 6.21 Å². The predicted molar refractivity (Wildman–Crippen MR) is 66.3 cm³/mol. The average Bonchev–Trinajstić information content (AvgIpc) is 2.42. The zero-order chi connectivity index (χ0) is 12.6. The molecule has 1 saturated heterocycles. The number of nitrogens with one attached hydrogen (secondary N) is 1. The highest BCUT2D eigenvalue weighted by molar-refractivity contribution is 5.78. The molecule has 1 heterocycles. The first-order valence-corrected chi connectivity index (χ1v) is 6.17. The lowest BCUT2D eigenvalue weighted by molar-refractivity contribution is -0.908. The molecule has 0 radical (unpaired) electrons. The fourth-order valence-corrected chi connectivity index (χ4v) is 1.80. The fraction of sp³-hybridized carbons (Fsp3) is 0.462. The first-order chi connectivity index (χ1) is 8.84. The average molecular weight is 289 g/mol. The maximum Gasteiger partial charge on any atom is 0.165 e. The standard InChI is InChI=1S/C13H17FN2O2.ClH/c14-13-3-1-12(2-4-13)11-15-18-10-7-16-5-8-17-9-6-16;/h1-4,11H,5-10H2;1H/b15-11+;. The van der Waals surface area contributed by atoms with Gasteiger partial charge in [0, 0.05) is 0 Å². The van der Waals surface area contributed by atoms with Crippen molar-refractivity contribution in [2.75, 3.05) is 39.5 Å². The van der Waals surface area contributed by atoms with Gasteiger partial charge in [0.25, 0.3) is 0 Å². The smallest absolute Gasteiger partial charge is 0.165 e. The van der Waals surface area contributed by atoms with Gasteiger partial charge in [-0.15, -0.1) is 0 Å². The number of ether oxygens (including phenoxy) is 1. The molecule has 1 aliphatic rings. The summed E-state index contributed by atoms with van der Waals surface area (Å²) in [6, 6.07) is 6.13. The fourth-order valence-electron chi connectivity index (χ4n) is 1.80. The van der Waals surface area contributed by atoms with Crippen LogP contribution in [0.4, 0.5) is 4.39 Å². The van der Waals surface area contributed by atoms with E-state index < -0.39 is 0 Å². The molecule has 0 saturated carbocycles. The maximum atomic E-state index is 12.6. The van der Waals surface area contributed by atoms with Crippen LogP contribution in [0.3, 0.4) is 0 Å². The Labute approximate surface area is 118 Å². The Hall–Kier alpha value is -1.17. The molecule has 1 aromatic carbocycles. The van der Waals surface area contributed by atoms with Gasteiger partial charge >= 0.3 is 0 Å². The monoisotopic (exact) mass is 288 g/mol. The van der Waals surface area contributed by atoms with Gasteiger partial charge in [0.2, 0.25) is 0 Å². The summed E-state index contributed by atoms with van der Waals surface area (Å²) in [6.45, 7) is 5.25. The van der Waals surface area contributed by atoms with Crippen LogP contribution in [0, 0.1) is 5.82 Å². The molecule has 106 valence electrons. The summed E-state index contributed by atoms with van der Waals surface area (Å²) in [5, 5.41) is 3.86. The number of nitrogens with zero attached hydrogens (tertiary/aromatic N) is 1. The van der Waals surface area contributed by atoms with E-state index in [-0.39, 0.29) is 18.2 Å². The molecule has 6 heteroatoms. The highest BCUT2D eigenvalue weighted by Gasteiger charge is 2.12. The van der Waals surface area contributed by atoms with E-state index >= 15 is 0 Å². The van der Waals surface area contributed by atoms with E-state index in [1.807, 2.05) is 0 Å². The van der Waals surface area contributed by atoms with Gasteiger partial charge < -0.3 is 26.9 Å². The first-order valence-electron chi connectivity index (χ1n) is 6.17. The SMILES string of the molecule is Fc1ccc(/C=N/OCC[NH+]2CCOCC2)cc1.[Cl-]. The van der Waals surface area contributed by atoms with Gasteiger partial charge in [-0.2, -0.15) is 0 Å². The Morgan fingerprint density at radius 1 is 1.26 bits per heavy atom. The van der Waals surface area contributed by atoms with E-state index in [9.17, 15) is 4.39 Å². The molecule has 19 heavy (non-hydrogen) atoms. The van der Waals surface area contributed by atoms with Crippen molar-refractivity contribution in [3.05, 3.63) is 35.6 Å². The van der Waals surface area contributed by atoms with Crippen LogP contribution in [-0.4, -0.2) is 45.7 Å². The third-order valence-electron chi connectivity index (χ3n) is 2.89. The molecule has 0 aliphatic carbocycles. The Morgan fingerprint density at radius 3 is 2.63 bits per heavy atom. The summed E-state index contributed by atoms with van der Waals surface area (Å²) < 4.78 is 17.9. The van der Waals surface area contributed by atoms with E-state index in [4.69, 9.17) is 9.57 Å². The molecule has 2 rings (SSSR count). The van der Waals surface area contributed by atoms with Crippen LogP contribution in [0.25, 0.3) is 0 Å². The van der Waals surface area contributed by atoms with E-state index in [2.05, 4.69) is 5.16 Å². The maximum absolute atomic E-state index is 12.6. The summed E-state index contributed by atoms with van der Waals surface area (Å²) in [7, 11) is 0. The Balaban J connectivity index is 0.00000180. The van der Waals surface area contributed by atoms with Crippen LogP contribution in [0.2, 0.25) is 0 Å². The Bertz CT molecular complexity index is 381. The summed E-state index contributed by atoms with van der Waals surface area (Å²) in [5.74, 6) is -0.246. The summed E-state index contributed by atoms with van der Waals surface area (Å²) in [4.78, 5) is 6.67. The molecule has 0 unspecified atom stereocenters. The van der Waals surface area contributed by atoms with Crippen LogP contribution in [0.15, 0.2) is 29.4 Å². The second-order valence-electron chi connectivity index (χ2n) is 4.23. The number of halogens is 2. The zero-order valence-electron chi connectivity index (χ0n) is 10.6. The zero-order valence-corrected chi connectivity index (χ0v) is 11.4. The van der Waals surface area contributed by atoms with E-state index in [1.54, 1.807) is 18.3 Å². The molecule has 1 aliphatic heterocycles. The van der Waals surface area contributed by atoms with E-state index in [1.165, 1.54) is 17.0 Å². The number of oxime groups is 1. The van der Waals surface area contributed by atoms with Crippen molar-refractivity contribution in [2.24, 2.45) is 5.16 Å². The molecule has 1 N–H and O–H groups in total. The normalized spacial score (nSPS) is 16.3. The minimum absolute atomic E-state index is 0. The van der Waals surface area contributed by atoms with Gasteiger partial charge in [0.15, 0.2) is 6.61 Å². The highest BCUT2D eigenvalue weighted by Crippen LogP contribution is 1.99. The molecule has 4 nitrogen and oxygen atoms in total. The number of hydrogen-bond acceptors (Lipinski definition) is 3. The lowest BCUT2D eigenvalue weighted by atomic mass is 10.2. The molecule has 0 spiro atoms. The van der Waals surface area contributed by atoms with Crippen molar-refractivity contribution in [3.63, 3.8) is 0 Å². The third-order valence-corrected chi connectivity index (χ3v) is 2.89. The first kappa shape index (κ1) is 15.9. The number of rotatable bonds is 5. The van der Waals surface area contributed by atoms with Gasteiger partial charge in [0.1, 0.15) is 25.5 Å². The predicted octanol–water partition coefficient (Wildman–Crippen LogP) is -2.90. The number of quaternary nitrogens is 1. The second kappa shape index (κ2) is 8.85. The van der Waals surface area contributed by atoms with Gasteiger partial charge in [-0.25, -0.2) is 4.39 Å². The second-order valence-corrected chi connectivity index (χ2v) is 4.23. The van der Waals surface area contributed by atoms with E-state index in [0.717, 1.165) is 38.4 Å². The van der Waals surface area contributed by atoms with Gasteiger partial charge in [-0.3, -0.25) is 0 Å². The molecule has 0 atom stereocenters. The topological polar surface area (TPSA) is 35.3 Å². The molecule has 1 fully saturated rings. The number of hydrogen-bond donors (Lipinski definition) is 1. The van der Waals surface area contributed by atoms with Gasteiger partial charge in [0.05, 0.1) is 19.4 Å². The van der Waals surface area contributed by atoms with Crippen LogP contribution in [0.1, 0.15) is 5.56 Å². The minimum atomic E-state index is -0.246. The molecular formula is C13H18ClFN2O2. The lowest BCUT2D eigenvalue weighted by Crippen LogP contribution is -3.14. The van der Waals surface area contributed by atoms with Crippen molar-refractivity contribution < 1.29 is 31.3 Å². The Kier molecular flexibility index (Phi) is 7.40. The van der Waals surface area contributed by atoms with Gasteiger partial charge in [-0.05, 0) is 17.7 Å². The van der Waals surface area contributed by atoms with Crippen molar-refractivity contribution in [1.29, 1.82) is 0 Å². The largest absolute Gasteiger partial charge is 1.00 e. The molecular weight excluding hydrogens is 271 g/mol. The van der Waals surface area contributed by atoms with Crippen LogP contribution in [-0.2, 0) is 9.57 Å². The van der Waals surface area contributed by atoms with Crippen molar-refractivity contribution in [1.82, 2.24) is 0 Å². The lowest BCUT2D eigenvalue weighted by Gasteiger charge is -2.22. The van der Waals surface area contributed by atoms with Crippen molar-refractivity contribution in [2.45, 2.75) is 0 Å². The van der Waals surface area contributed by atoms with Crippen LogP contribution >= 0.6 is 0 Å². The van der Waals surface area contributed by atoms with Crippen LogP contribution in [0.5, 0.6) is 0 Å². The molecule has 0 amide bonds.